The zero-order valence-electron chi connectivity index (χ0n) is 54.6. The maximum atomic E-state index is 14.7. The number of carbonyl (C=O) groups excluding carboxylic acids is 8. The highest BCUT2D eigenvalue weighted by Crippen LogP contribution is 2.48. The molecule has 22 heteroatoms. The highest BCUT2D eigenvalue weighted by molar-refractivity contribution is 8.00. The standard InChI is InChI=1S/C68H92N8O12S2/c1-41(73(13)63(83)87-65(3,4)5)57(77)69-49-29-31-89-53-35-67(9,10)55(75(53)61(49)81)59(79)71-51(45-21-17-15-18-22-45)39-85-37-43-25-27-48-34-44(26-28-47(48)33-43)38-86-40-52(46-23-19-16-20-24-46)72-60(80)56-68(11,12)36-54-76(56)62(82)50(30-32-90-54)70-58(78)42(2)74(14)64(84)88-66(6,7)8/h15-28,33-34,41-42,49-56H,29-32,35-40H2,1-14H3,(H,69,77)(H,70,78)(H,71,79)(H,72,80)/t41-,42-,49-,50-,51+,52+,53-,54-,55+,56+/m0/s1. The van der Waals surface area contributed by atoms with Gasteiger partial charge in [0, 0.05) is 14.1 Å². The molecule has 0 radical (unpaired) electrons. The van der Waals surface area contributed by atoms with Crippen LogP contribution in [0, 0.1) is 10.8 Å². The summed E-state index contributed by atoms with van der Waals surface area (Å²) in [6.45, 7) is 22.4. The molecule has 10 atom stereocenters. The fourth-order valence-electron chi connectivity index (χ4n) is 12.1. The Morgan fingerprint density at radius 3 is 1.27 bits per heavy atom. The summed E-state index contributed by atoms with van der Waals surface area (Å²) in [5, 5.41) is 13.7. The van der Waals surface area contributed by atoms with Crippen LogP contribution in [0.1, 0.15) is 143 Å². The van der Waals surface area contributed by atoms with E-state index >= 15 is 0 Å². The average molecular weight is 1280 g/mol. The fourth-order valence-corrected chi connectivity index (χ4v) is 15.2. The first-order chi connectivity index (χ1) is 42.3. The molecule has 4 saturated heterocycles. The second-order valence-electron chi connectivity index (χ2n) is 27.6. The number of nitrogens with one attached hydrogen (secondary N) is 4. The smallest absolute Gasteiger partial charge is 0.410 e. The van der Waals surface area contributed by atoms with Crippen LogP contribution in [0.3, 0.4) is 0 Å². The summed E-state index contributed by atoms with van der Waals surface area (Å²) in [4.78, 5) is 117. The zero-order chi connectivity index (χ0) is 65.6. The molecule has 8 amide bonds. The number of carbonyl (C=O) groups is 8. The van der Waals surface area contributed by atoms with Crippen LogP contribution >= 0.6 is 23.5 Å². The van der Waals surface area contributed by atoms with Crippen molar-refractivity contribution in [3.05, 3.63) is 119 Å². The highest BCUT2D eigenvalue weighted by atomic mass is 32.2. The summed E-state index contributed by atoms with van der Waals surface area (Å²) >= 11 is 3.20. The van der Waals surface area contributed by atoms with Crippen molar-refractivity contribution in [2.75, 3.05) is 38.8 Å². The SMILES string of the molecule is C[C@@H](C(=O)N[C@H]1CCS[C@H]2CC(C)(C)[C@@H](C(=O)N[C@H](COCc3ccc4cc(COC[C@@H](NC(=O)[C@H]5N6C(=O)[C@@H](NC(=O)[C@H](C)N(C)C(=O)OC(C)(C)C)CCS[C@H]6CC5(C)C)c5ccccc5)ccc4c3)c3ccccc3)N2C1=O)N(C)C(=O)OC(C)(C)C. The molecule has 0 bridgehead atoms. The number of thioether (sulfide) groups is 2. The largest absolute Gasteiger partial charge is 0.444 e. The van der Waals surface area contributed by atoms with Crippen molar-refractivity contribution in [1.29, 1.82) is 0 Å². The Morgan fingerprint density at radius 1 is 0.567 bits per heavy atom. The van der Waals surface area contributed by atoms with Crippen LogP contribution in [0.25, 0.3) is 10.8 Å². The van der Waals surface area contributed by atoms with Gasteiger partial charge in [0.15, 0.2) is 0 Å². The second kappa shape index (κ2) is 28.7. The van der Waals surface area contributed by atoms with E-state index in [9.17, 15) is 38.4 Å². The lowest BCUT2D eigenvalue weighted by Crippen LogP contribution is -2.58. The van der Waals surface area contributed by atoms with Crippen LogP contribution in [0.4, 0.5) is 9.59 Å². The van der Waals surface area contributed by atoms with Crippen LogP contribution < -0.4 is 21.3 Å². The minimum Gasteiger partial charge on any atom is -0.444 e. The molecule has 0 saturated carbocycles. The van der Waals surface area contributed by atoms with E-state index in [1.807, 2.05) is 113 Å². The van der Waals surface area contributed by atoms with Crippen molar-refractivity contribution in [1.82, 2.24) is 40.9 Å². The Hall–Kier alpha value is -6.88. The van der Waals surface area contributed by atoms with Crippen LogP contribution in [-0.4, -0.2) is 164 Å². The Morgan fingerprint density at radius 2 is 0.922 bits per heavy atom. The lowest BCUT2D eigenvalue weighted by molar-refractivity contribution is -0.144. The molecule has 0 unspecified atom stereocenters. The van der Waals surface area contributed by atoms with Gasteiger partial charge in [-0.1, -0.05) is 113 Å². The van der Waals surface area contributed by atoms with Gasteiger partial charge in [0.05, 0.1) is 49.3 Å². The quantitative estimate of drug-likeness (QED) is 0.0646. The second-order valence-corrected chi connectivity index (χ2v) is 30.1. The molecular formula is C68H92N8O12S2. The number of fused-ring (bicyclic) bond motifs is 3. The Kier molecular flexibility index (Phi) is 22.0. The molecule has 4 heterocycles. The predicted molar refractivity (Wildman–Crippen MR) is 348 cm³/mol. The molecule has 4 aliphatic heterocycles. The number of benzene rings is 4. The van der Waals surface area contributed by atoms with Crippen molar-refractivity contribution in [3.8, 4) is 0 Å². The normalized spacial score (nSPS) is 22.7. The third kappa shape index (κ3) is 17.0. The minimum atomic E-state index is -0.924. The summed E-state index contributed by atoms with van der Waals surface area (Å²) in [6, 6.07) is 24.9. The first kappa shape index (κ1) is 69.0. The first-order valence-electron chi connectivity index (χ1n) is 31.1. The number of amides is 8. The van der Waals surface area contributed by atoms with Crippen LogP contribution in [0.2, 0.25) is 0 Å². The topological polar surface area (TPSA) is 235 Å². The van der Waals surface area contributed by atoms with E-state index < -0.39 is 94.4 Å². The molecule has 90 heavy (non-hydrogen) atoms. The summed E-state index contributed by atoms with van der Waals surface area (Å²) in [6.07, 6.45) is 0.571. The van der Waals surface area contributed by atoms with Gasteiger partial charge < -0.3 is 50.0 Å². The van der Waals surface area contributed by atoms with Crippen molar-refractivity contribution in [2.24, 2.45) is 10.8 Å². The predicted octanol–water partition coefficient (Wildman–Crippen LogP) is 9.25. The number of hydrogen-bond donors (Lipinski definition) is 4. The molecule has 488 valence electrons. The van der Waals surface area contributed by atoms with E-state index in [-0.39, 0.29) is 60.8 Å². The summed E-state index contributed by atoms with van der Waals surface area (Å²) in [7, 11) is 2.97. The number of nitrogens with zero attached hydrogens (tertiary/aromatic N) is 4. The van der Waals surface area contributed by atoms with Crippen LogP contribution in [0.15, 0.2) is 97.1 Å². The number of likely N-dealkylation sites (N-methyl/N-ethyl adjacent to an activating group) is 2. The Labute approximate surface area is 538 Å². The number of hydrogen-bond acceptors (Lipinski definition) is 14. The molecular weight excluding hydrogens is 1180 g/mol. The Bertz CT molecular complexity index is 3040. The lowest BCUT2D eigenvalue weighted by Gasteiger charge is -2.35. The van der Waals surface area contributed by atoms with E-state index in [0.29, 0.717) is 37.2 Å². The van der Waals surface area contributed by atoms with Crippen molar-refractivity contribution < 1.29 is 57.3 Å². The van der Waals surface area contributed by atoms with Crippen molar-refractivity contribution in [2.45, 2.75) is 192 Å². The van der Waals surface area contributed by atoms with E-state index in [1.165, 1.54) is 23.9 Å². The number of ether oxygens (including phenoxy) is 4. The fraction of sp³-hybridized carbons (Fsp3) is 0.559. The van der Waals surface area contributed by atoms with Crippen molar-refractivity contribution in [3.63, 3.8) is 0 Å². The molecule has 4 aliphatic rings. The molecule has 8 rings (SSSR count). The molecule has 4 aromatic carbocycles. The lowest BCUT2D eigenvalue weighted by atomic mass is 9.83. The van der Waals surface area contributed by atoms with Gasteiger partial charge in [0.25, 0.3) is 0 Å². The molecule has 4 fully saturated rings. The average Bonchev–Trinajstić information content (AvgIpc) is 1.75. The van der Waals surface area contributed by atoms with Crippen LogP contribution in [-0.2, 0) is 60.9 Å². The monoisotopic (exact) mass is 1280 g/mol. The van der Waals surface area contributed by atoms with Crippen molar-refractivity contribution >= 4 is 81.9 Å². The summed E-state index contributed by atoms with van der Waals surface area (Å²) in [5.41, 5.74) is 0.795. The molecule has 4 aromatic rings. The Balaban J connectivity index is 0.881. The molecule has 4 N–H and O–H groups in total. The molecule has 0 spiro atoms. The molecule has 0 aromatic heterocycles. The van der Waals surface area contributed by atoms with E-state index in [4.69, 9.17) is 18.9 Å². The van der Waals surface area contributed by atoms with Gasteiger partial charge >= 0.3 is 12.2 Å². The van der Waals surface area contributed by atoms with E-state index in [1.54, 1.807) is 88.7 Å². The summed E-state index contributed by atoms with van der Waals surface area (Å²) in [5.74, 6) is -1.15. The zero-order valence-corrected chi connectivity index (χ0v) is 56.2. The summed E-state index contributed by atoms with van der Waals surface area (Å²) < 4.78 is 23.8. The van der Waals surface area contributed by atoms with E-state index in [2.05, 4.69) is 33.4 Å². The third-order valence-corrected chi connectivity index (χ3v) is 19.6. The van der Waals surface area contributed by atoms with Gasteiger partial charge in [-0.05, 0) is 149 Å². The maximum absolute atomic E-state index is 14.7. The van der Waals surface area contributed by atoms with Gasteiger partial charge in [-0.15, -0.1) is 23.5 Å². The van der Waals surface area contributed by atoms with Crippen LogP contribution in [0.5, 0.6) is 0 Å². The minimum absolute atomic E-state index is 0.140. The highest BCUT2D eigenvalue weighted by Gasteiger charge is 2.56. The van der Waals surface area contributed by atoms with E-state index in [0.717, 1.165) is 33.0 Å². The van der Waals surface area contributed by atoms with Gasteiger partial charge in [-0.2, -0.15) is 0 Å². The van der Waals surface area contributed by atoms with Gasteiger partial charge in [0.1, 0.15) is 47.5 Å². The van der Waals surface area contributed by atoms with Gasteiger partial charge in [-0.25, -0.2) is 9.59 Å². The number of rotatable bonds is 20. The first-order valence-corrected chi connectivity index (χ1v) is 33.2. The maximum Gasteiger partial charge on any atom is 0.410 e. The molecule has 20 nitrogen and oxygen atoms in total. The third-order valence-electron chi connectivity index (χ3n) is 17.1. The van der Waals surface area contributed by atoms with Gasteiger partial charge in [-0.3, -0.25) is 38.6 Å². The molecule has 0 aliphatic carbocycles. The van der Waals surface area contributed by atoms with Gasteiger partial charge in [0.2, 0.25) is 35.4 Å².